The fraction of sp³-hybridized carbons (Fsp3) is 0.400. The Balaban J connectivity index is 2.71. The van der Waals surface area contributed by atoms with E-state index in [0.29, 0.717) is 6.54 Å². The van der Waals surface area contributed by atoms with Crippen LogP contribution < -0.4 is 5.32 Å². The van der Waals surface area contributed by atoms with Gasteiger partial charge in [-0.25, -0.2) is 0 Å². The maximum Gasteiger partial charge on any atom is 0.417 e. The van der Waals surface area contributed by atoms with Gasteiger partial charge in [0.2, 0.25) is 5.91 Å². The first-order chi connectivity index (χ1) is 10.1. The number of amides is 1. The predicted octanol–water partition coefficient (Wildman–Crippen LogP) is 4.20. The number of anilines is 1. The predicted molar refractivity (Wildman–Crippen MR) is 82.0 cm³/mol. The summed E-state index contributed by atoms with van der Waals surface area (Å²) >= 11 is 5.53. The molecule has 0 unspecified atom stereocenters. The molecule has 1 rings (SSSR count). The van der Waals surface area contributed by atoms with Crippen LogP contribution in [0.25, 0.3) is 0 Å². The van der Waals surface area contributed by atoms with Crippen molar-refractivity contribution in [2.75, 3.05) is 25.5 Å². The lowest BCUT2D eigenvalue weighted by atomic mass is 10.2. The number of nitrogens with one attached hydrogen (secondary N) is 1. The minimum Gasteiger partial charge on any atom is -0.325 e. The average Bonchev–Trinajstić information content (AvgIpc) is 2.37. The van der Waals surface area contributed by atoms with Crippen LogP contribution in [-0.2, 0) is 11.0 Å². The molecule has 122 valence electrons. The van der Waals surface area contributed by atoms with Gasteiger partial charge in [0, 0.05) is 12.2 Å². The zero-order valence-corrected chi connectivity index (χ0v) is 13.3. The molecular weight excluding hydrogens is 317 g/mol. The van der Waals surface area contributed by atoms with Gasteiger partial charge in [-0.15, -0.1) is 0 Å². The van der Waals surface area contributed by atoms with Gasteiger partial charge < -0.3 is 5.32 Å². The number of carbonyl (C=O) groups excluding carboxylic acids is 1. The molecule has 0 aliphatic carbocycles. The van der Waals surface area contributed by atoms with Crippen LogP contribution in [0.4, 0.5) is 18.9 Å². The number of allylic oxidation sites excluding steroid dienone is 1. The summed E-state index contributed by atoms with van der Waals surface area (Å²) in [6.07, 6.45) is -2.60. The Morgan fingerprint density at radius 2 is 2.00 bits per heavy atom. The molecular formula is C15H18ClF3N2O. The van der Waals surface area contributed by atoms with Gasteiger partial charge in [0.05, 0.1) is 17.1 Å². The van der Waals surface area contributed by atoms with Crippen molar-refractivity contribution in [2.24, 2.45) is 0 Å². The van der Waals surface area contributed by atoms with E-state index in [4.69, 9.17) is 11.6 Å². The van der Waals surface area contributed by atoms with Crippen molar-refractivity contribution in [3.05, 3.63) is 40.4 Å². The summed E-state index contributed by atoms with van der Waals surface area (Å²) in [6, 6.07) is 3.29. The van der Waals surface area contributed by atoms with Crippen LogP contribution in [0, 0.1) is 0 Å². The number of likely N-dealkylation sites (N-methyl/N-ethyl adjacent to an activating group) is 1. The number of nitrogens with zero attached hydrogens (tertiary/aromatic N) is 1. The third-order valence-corrected chi connectivity index (χ3v) is 3.11. The summed E-state index contributed by atoms with van der Waals surface area (Å²) in [6.45, 7) is 4.55. The van der Waals surface area contributed by atoms with Gasteiger partial charge in [-0.3, -0.25) is 9.69 Å². The summed E-state index contributed by atoms with van der Waals surface area (Å²) in [5.74, 6) is -0.389. The Kier molecular flexibility index (Phi) is 6.44. The highest BCUT2D eigenvalue weighted by molar-refractivity contribution is 6.31. The number of rotatable bonds is 5. The first-order valence-electron chi connectivity index (χ1n) is 6.58. The second-order valence-electron chi connectivity index (χ2n) is 5.22. The molecule has 1 amide bonds. The number of hydrogen-bond acceptors (Lipinski definition) is 2. The monoisotopic (exact) mass is 334 g/mol. The molecule has 22 heavy (non-hydrogen) atoms. The van der Waals surface area contributed by atoms with Gasteiger partial charge in [-0.1, -0.05) is 23.3 Å². The number of hydrogen-bond donors (Lipinski definition) is 1. The maximum absolute atomic E-state index is 12.7. The van der Waals surface area contributed by atoms with Crippen LogP contribution in [0.5, 0.6) is 0 Å². The van der Waals surface area contributed by atoms with Crippen LogP contribution in [0.3, 0.4) is 0 Å². The molecule has 0 aliphatic rings. The summed E-state index contributed by atoms with van der Waals surface area (Å²) in [5, 5.41) is 2.04. The van der Waals surface area contributed by atoms with E-state index in [9.17, 15) is 18.0 Å². The molecule has 0 saturated heterocycles. The highest BCUT2D eigenvalue weighted by Gasteiger charge is 2.33. The van der Waals surface area contributed by atoms with Crippen molar-refractivity contribution in [1.29, 1.82) is 0 Å². The minimum atomic E-state index is -4.56. The van der Waals surface area contributed by atoms with Gasteiger partial charge in [0.15, 0.2) is 0 Å². The van der Waals surface area contributed by atoms with Crippen molar-refractivity contribution < 1.29 is 18.0 Å². The van der Waals surface area contributed by atoms with Crippen molar-refractivity contribution in [2.45, 2.75) is 20.0 Å². The Labute approximate surface area is 132 Å². The van der Waals surface area contributed by atoms with Gasteiger partial charge in [-0.05, 0) is 39.1 Å². The molecule has 1 N–H and O–H groups in total. The standard InChI is InChI=1S/C15H18ClF3N2O/c1-10(2)6-7-21(3)9-14(22)20-11-4-5-13(16)12(8-11)15(17,18)19/h4-6,8H,7,9H2,1-3H3,(H,20,22). The van der Waals surface area contributed by atoms with Gasteiger partial charge in [-0.2, -0.15) is 13.2 Å². The number of alkyl halides is 3. The van der Waals surface area contributed by atoms with Crippen LogP contribution in [0.15, 0.2) is 29.8 Å². The van der Waals surface area contributed by atoms with Crippen molar-refractivity contribution in [3.63, 3.8) is 0 Å². The average molecular weight is 335 g/mol. The van der Waals surface area contributed by atoms with Crippen LogP contribution >= 0.6 is 11.6 Å². The van der Waals surface area contributed by atoms with E-state index in [1.807, 2.05) is 19.9 Å². The maximum atomic E-state index is 12.7. The summed E-state index contributed by atoms with van der Waals surface area (Å²) in [5.41, 5.74) is 0.224. The topological polar surface area (TPSA) is 32.3 Å². The molecule has 0 heterocycles. The fourth-order valence-corrected chi connectivity index (χ4v) is 1.89. The van der Waals surface area contributed by atoms with Crippen LogP contribution in [-0.4, -0.2) is 30.9 Å². The highest BCUT2D eigenvalue weighted by Crippen LogP contribution is 2.36. The second-order valence-corrected chi connectivity index (χ2v) is 5.63. The largest absolute Gasteiger partial charge is 0.417 e. The third kappa shape index (κ3) is 6.07. The second kappa shape index (κ2) is 7.65. The van der Waals surface area contributed by atoms with E-state index in [2.05, 4.69) is 5.32 Å². The van der Waals surface area contributed by atoms with E-state index >= 15 is 0 Å². The zero-order chi connectivity index (χ0) is 16.9. The molecule has 1 aromatic rings. The quantitative estimate of drug-likeness (QED) is 0.819. The summed E-state index contributed by atoms with van der Waals surface area (Å²) in [4.78, 5) is 13.6. The van der Waals surface area contributed by atoms with Crippen molar-refractivity contribution >= 4 is 23.2 Å². The van der Waals surface area contributed by atoms with Crippen LogP contribution in [0.2, 0.25) is 5.02 Å². The SMILES string of the molecule is CC(C)=CCN(C)CC(=O)Nc1ccc(Cl)c(C(F)(F)F)c1. The Morgan fingerprint density at radius 3 is 2.55 bits per heavy atom. The number of carbonyl (C=O) groups is 1. The lowest BCUT2D eigenvalue weighted by Crippen LogP contribution is -2.30. The fourth-order valence-electron chi connectivity index (χ4n) is 1.67. The lowest BCUT2D eigenvalue weighted by Gasteiger charge is -2.15. The van der Waals surface area contributed by atoms with E-state index in [1.165, 1.54) is 6.07 Å². The number of halogens is 4. The van der Waals surface area contributed by atoms with E-state index in [1.54, 1.807) is 11.9 Å². The molecule has 0 radical (unpaired) electrons. The van der Waals surface area contributed by atoms with Crippen LogP contribution in [0.1, 0.15) is 19.4 Å². The van der Waals surface area contributed by atoms with Gasteiger partial charge >= 0.3 is 6.18 Å². The molecule has 0 aliphatic heterocycles. The normalized spacial score (nSPS) is 11.5. The zero-order valence-electron chi connectivity index (χ0n) is 12.6. The van der Waals surface area contributed by atoms with Gasteiger partial charge in [0.1, 0.15) is 0 Å². The summed E-state index contributed by atoms with van der Waals surface area (Å²) in [7, 11) is 1.75. The molecule has 0 fully saturated rings. The Bertz CT molecular complexity index is 566. The van der Waals surface area contributed by atoms with E-state index in [0.717, 1.165) is 17.7 Å². The first kappa shape index (κ1) is 18.5. The molecule has 1 aromatic carbocycles. The first-order valence-corrected chi connectivity index (χ1v) is 6.96. The van der Waals surface area contributed by atoms with Crippen molar-refractivity contribution in [3.8, 4) is 0 Å². The molecule has 0 spiro atoms. The molecule has 0 atom stereocenters. The van der Waals surface area contributed by atoms with Gasteiger partial charge in [0.25, 0.3) is 0 Å². The molecule has 0 aromatic heterocycles. The lowest BCUT2D eigenvalue weighted by molar-refractivity contribution is -0.137. The van der Waals surface area contributed by atoms with E-state index < -0.39 is 16.8 Å². The smallest absolute Gasteiger partial charge is 0.325 e. The Morgan fingerprint density at radius 1 is 1.36 bits per heavy atom. The summed E-state index contributed by atoms with van der Waals surface area (Å²) < 4.78 is 38.2. The molecule has 7 heteroatoms. The third-order valence-electron chi connectivity index (χ3n) is 2.78. The number of benzene rings is 1. The molecule has 3 nitrogen and oxygen atoms in total. The minimum absolute atomic E-state index is 0.0670. The van der Waals surface area contributed by atoms with Crippen molar-refractivity contribution in [1.82, 2.24) is 4.90 Å². The molecule has 0 bridgehead atoms. The van der Waals surface area contributed by atoms with E-state index in [-0.39, 0.29) is 18.1 Å². The highest BCUT2D eigenvalue weighted by atomic mass is 35.5. The Hall–Kier alpha value is -1.53. The molecule has 0 saturated carbocycles.